The first-order valence-corrected chi connectivity index (χ1v) is 13.8. The van der Waals surface area contributed by atoms with Gasteiger partial charge in [0.2, 0.25) is 0 Å². The lowest BCUT2D eigenvalue weighted by Crippen LogP contribution is -2.50. The van der Waals surface area contributed by atoms with Crippen LogP contribution >= 0.6 is 12.2 Å². The number of unbranched alkanes of at least 4 members (excludes halogenated alkanes) is 1. The molecule has 4 rings (SSSR count). The highest BCUT2D eigenvalue weighted by molar-refractivity contribution is 7.84. The third-order valence-corrected chi connectivity index (χ3v) is 9.25. The highest BCUT2D eigenvalue weighted by Crippen LogP contribution is 2.64. The van der Waals surface area contributed by atoms with Crippen molar-refractivity contribution in [3.05, 3.63) is 36.0 Å². The van der Waals surface area contributed by atoms with Gasteiger partial charge in [-0.25, -0.2) is 4.99 Å². The number of nitrogens with zero attached hydrogens (tertiary/aromatic N) is 1. The quantitative estimate of drug-likeness (QED) is 0.310. The standard InChI is InChI=1S/C20H24O2.C6H11NOS2/c1-12-10-14-15-4-5-18(22)20(15,3)9-7-16(14)19(2)8-6-13(21)11-17(12)19;1-10(8)5-3-2-4-7-6-9/h6,8,11,14-16H,1,4-5,7,9-10H2,2-3H3;2-5H2,1H3/t14-,15-,16-,19+,20-;/m0./s1. The number of aliphatic imine (C=N–C) groups is 1. The summed E-state index contributed by atoms with van der Waals surface area (Å²) in [7, 11) is -0.659. The SMILES string of the molecule is C=C1C[C@@H]2[C@H](CC[C@]3(C)C(=O)CC[C@@H]23)[C@@]2(C)C=CC(=O)C=C12.CS(=O)CCCCN=C=S. The zero-order chi connectivity index (χ0) is 23.5. The first kappa shape index (κ1) is 25.1. The average Bonchev–Trinajstić information content (AvgIpc) is 3.04. The summed E-state index contributed by atoms with van der Waals surface area (Å²) in [5.41, 5.74) is 2.09. The average molecular weight is 474 g/mol. The van der Waals surface area contributed by atoms with Crippen molar-refractivity contribution in [1.82, 2.24) is 0 Å². The minimum Gasteiger partial charge on any atom is -0.299 e. The van der Waals surface area contributed by atoms with Crippen LogP contribution < -0.4 is 0 Å². The van der Waals surface area contributed by atoms with Gasteiger partial charge < -0.3 is 0 Å². The molecule has 3 fully saturated rings. The first-order chi connectivity index (χ1) is 15.1. The monoisotopic (exact) mass is 473 g/mol. The maximum atomic E-state index is 12.4. The second kappa shape index (κ2) is 10.2. The number of Topliss-reactive ketones (excluding diaryl/α,β-unsaturated/α-hetero) is 1. The highest BCUT2D eigenvalue weighted by atomic mass is 32.2. The van der Waals surface area contributed by atoms with E-state index in [1.165, 1.54) is 0 Å². The smallest absolute Gasteiger partial charge is 0.178 e. The number of hydrogen-bond donors (Lipinski definition) is 0. The maximum Gasteiger partial charge on any atom is 0.178 e. The van der Waals surface area contributed by atoms with Crippen LogP contribution in [0, 0.1) is 28.6 Å². The Morgan fingerprint density at radius 1 is 1.25 bits per heavy atom. The molecule has 0 aromatic rings. The predicted molar refractivity (Wildman–Crippen MR) is 134 cm³/mol. The summed E-state index contributed by atoms with van der Waals surface area (Å²) < 4.78 is 10.5. The summed E-state index contributed by atoms with van der Waals surface area (Å²) in [6.07, 6.45) is 14.1. The Labute approximate surface area is 200 Å². The summed E-state index contributed by atoms with van der Waals surface area (Å²) >= 11 is 4.38. The molecule has 0 amide bonds. The Morgan fingerprint density at radius 2 is 2.00 bits per heavy atom. The molecule has 0 aromatic carbocycles. The fourth-order valence-electron chi connectivity index (χ4n) is 6.52. The van der Waals surface area contributed by atoms with E-state index < -0.39 is 10.8 Å². The molecule has 32 heavy (non-hydrogen) atoms. The van der Waals surface area contributed by atoms with Crippen molar-refractivity contribution < 1.29 is 13.8 Å². The summed E-state index contributed by atoms with van der Waals surface area (Å²) in [5, 5.41) is 2.29. The molecule has 0 N–H and O–H groups in total. The Balaban J connectivity index is 0.000000247. The Bertz CT molecular complexity index is 925. The van der Waals surface area contributed by atoms with Crippen molar-refractivity contribution in [3.63, 3.8) is 0 Å². The van der Waals surface area contributed by atoms with Gasteiger partial charge in [0.1, 0.15) is 5.78 Å². The molecule has 0 saturated heterocycles. The number of carbonyl (C=O) groups excluding carboxylic acids is 2. The van der Waals surface area contributed by atoms with Crippen LogP contribution in [0.3, 0.4) is 0 Å². The number of allylic oxidation sites excluding steroid dienone is 5. The van der Waals surface area contributed by atoms with Gasteiger partial charge in [0.15, 0.2) is 5.78 Å². The van der Waals surface area contributed by atoms with Crippen LogP contribution in [0.25, 0.3) is 0 Å². The fourth-order valence-corrected chi connectivity index (χ4v) is 7.22. The van der Waals surface area contributed by atoms with Gasteiger partial charge in [-0.3, -0.25) is 13.8 Å². The maximum absolute atomic E-state index is 12.4. The van der Waals surface area contributed by atoms with E-state index in [4.69, 9.17) is 0 Å². The zero-order valence-electron chi connectivity index (χ0n) is 19.5. The Morgan fingerprint density at radius 3 is 2.69 bits per heavy atom. The van der Waals surface area contributed by atoms with Crippen LogP contribution in [0.1, 0.15) is 58.8 Å². The third-order valence-electron chi connectivity index (χ3n) is 8.26. The molecule has 0 radical (unpaired) electrons. The molecule has 0 aliphatic heterocycles. The van der Waals surface area contributed by atoms with Crippen LogP contribution in [0.4, 0.5) is 0 Å². The van der Waals surface area contributed by atoms with E-state index in [1.807, 2.05) is 0 Å². The lowest BCUT2D eigenvalue weighted by atomic mass is 9.48. The van der Waals surface area contributed by atoms with E-state index in [0.717, 1.165) is 68.4 Å². The van der Waals surface area contributed by atoms with Gasteiger partial charge >= 0.3 is 0 Å². The molecule has 0 aromatic heterocycles. The van der Waals surface area contributed by atoms with E-state index in [2.05, 4.69) is 48.9 Å². The van der Waals surface area contributed by atoms with Crippen molar-refractivity contribution in [3.8, 4) is 0 Å². The number of isothiocyanates is 1. The largest absolute Gasteiger partial charge is 0.299 e. The van der Waals surface area contributed by atoms with E-state index in [9.17, 15) is 13.8 Å². The van der Waals surface area contributed by atoms with E-state index in [0.29, 0.717) is 23.5 Å². The van der Waals surface area contributed by atoms with E-state index in [1.54, 1.807) is 18.4 Å². The molecule has 3 saturated carbocycles. The Kier molecular flexibility index (Phi) is 8.01. The molecule has 4 aliphatic carbocycles. The van der Waals surface area contributed by atoms with Crippen LogP contribution in [-0.2, 0) is 20.4 Å². The van der Waals surface area contributed by atoms with Gasteiger partial charge in [-0.1, -0.05) is 32.1 Å². The van der Waals surface area contributed by atoms with Gasteiger partial charge in [-0.05, 0) is 86.2 Å². The van der Waals surface area contributed by atoms with Gasteiger partial charge in [-0.2, -0.15) is 0 Å². The number of fused-ring (bicyclic) bond motifs is 5. The predicted octanol–water partition coefficient (Wildman–Crippen LogP) is 5.28. The van der Waals surface area contributed by atoms with Gasteiger partial charge in [0, 0.05) is 46.6 Å². The molecule has 0 bridgehead atoms. The normalized spacial score (nSPS) is 36.0. The molecule has 6 atom stereocenters. The molecule has 174 valence electrons. The zero-order valence-corrected chi connectivity index (χ0v) is 21.2. The third kappa shape index (κ3) is 4.88. The number of hydrogen-bond acceptors (Lipinski definition) is 5. The van der Waals surface area contributed by atoms with Crippen molar-refractivity contribution in [2.45, 2.75) is 58.8 Å². The minimum absolute atomic E-state index is 0.0686. The van der Waals surface area contributed by atoms with Gasteiger partial charge in [-0.15, -0.1) is 0 Å². The minimum atomic E-state index is -0.659. The molecule has 6 heteroatoms. The van der Waals surface area contributed by atoms with E-state index >= 15 is 0 Å². The molecule has 0 heterocycles. The summed E-state index contributed by atoms with van der Waals surface area (Å²) in [5.74, 6) is 2.91. The Hall–Kier alpha value is -1.49. The van der Waals surface area contributed by atoms with Crippen LogP contribution in [0.5, 0.6) is 0 Å². The molecule has 1 unspecified atom stereocenters. The van der Waals surface area contributed by atoms with Crippen molar-refractivity contribution in [2.75, 3.05) is 18.6 Å². The van der Waals surface area contributed by atoms with Crippen LogP contribution in [-0.4, -0.2) is 39.5 Å². The van der Waals surface area contributed by atoms with Crippen molar-refractivity contribution >= 4 is 39.7 Å². The second-order valence-corrected chi connectivity index (χ2v) is 11.9. The van der Waals surface area contributed by atoms with Crippen molar-refractivity contribution in [1.29, 1.82) is 0 Å². The number of ketones is 2. The summed E-state index contributed by atoms with van der Waals surface area (Å²) in [4.78, 5) is 27.9. The molecular weight excluding hydrogens is 438 g/mol. The number of carbonyl (C=O) groups is 2. The molecule has 4 nitrogen and oxygen atoms in total. The number of rotatable bonds is 5. The second-order valence-electron chi connectivity index (χ2n) is 10.1. The van der Waals surface area contributed by atoms with Gasteiger partial charge in [0.25, 0.3) is 0 Å². The topological polar surface area (TPSA) is 63.6 Å². The molecular formula is C26H35NO3S2. The number of thiocarbonyl (C=S) groups is 1. The lowest BCUT2D eigenvalue weighted by molar-refractivity contribution is -0.131. The molecule has 0 spiro atoms. The summed E-state index contributed by atoms with van der Waals surface area (Å²) in [6.45, 7) is 9.47. The van der Waals surface area contributed by atoms with Crippen molar-refractivity contribution in [2.24, 2.45) is 33.6 Å². The van der Waals surface area contributed by atoms with Crippen LogP contribution in [0.2, 0.25) is 0 Å². The first-order valence-electron chi connectivity index (χ1n) is 11.6. The van der Waals surface area contributed by atoms with Crippen LogP contribution in [0.15, 0.2) is 40.9 Å². The van der Waals surface area contributed by atoms with Gasteiger partial charge in [0.05, 0.1) is 5.16 Å². The molecule has 4 aliphatic rings. The lowest BCUT2D eigenvalue weighted by Gasteiger charge is -2.56. The van der Waals surface area contributed by atoms with E-state index in [-0.39, 0.29) is 16.6 Å². The fraction of sp³-hybridized carbons (Fsp3) is 0.654. The summed E-state index contributed by atoms with van der Waals surface area (Å²) in [6, 6.07) is 0. The highest BCUT2D eigenvalue weighted by Gasteiger charge is 2.59.